The number of halogens is 1. The molecule has 0 aliphatic rings. The van der Waals surface area contributed by atoms with Crippen LogP contribution in [0, 0.1) is 13.8 Å². The molecule has 152 valence electrons. The SMILES string of the molecule is Cc1nn(-c2ccc(Cl)cc2)c(C)c1CC(=O)NC(CN(C)C)c1ccccc1. The standard InChI is InChI=1S/C23H27ClN4O/c1-16-21(17(2)28(26-16)20-12-10-19(24)11-13-20)14-23(29)25-22(15-27(3)4)18-8-6-5-7-9-18/h5-13,22H,14-15H2,1-4H3,(H,25,29). The monoisotopic (exact) mass is 410 g/mol. The summed E-state index contributed by atoms with van der Waals surface area (Å²) < 4.78 is 1.86. The number of carbonyl (C=O) groups is 1. The second kappa shape index (κ2) is 9.25. The van der Waals surface area contributed by atoms with Gasteiger partial charge in [-0.3, -0.25) is 4.79 Å². The van der Waals surface area contributed by atoms with Gasteiger partial charge in [0.1, 0.15) is 0 Å². The molecular weight excluding hydrogens is 384 g/mol. The van der Waals surface area contributed by atoms with Gasteiger partial charge < -0.3 is 10.2 Å². The van der Waals surface area contributed by atoms with Crippen molar-refractivity contribution >= 4 is 17.5 Å². The van der Waals surface area contributed by atoms with Crippen LogP contribution in [0.4, 0.5) is 0 Å². The highest BCUT2D eigenvalue weighted by Gasteiger charge is 2.19. The van der Waals surface area contributed by atoms with E-state index in [1.165, 1.54) is 0 Å². The number of rotatable bonds is 7. The zero-order valence-electron chi connectivity index (χ0n) is 17.3. The number of amides is 1. The Morgan fingerprint density at radius 1 is 1.10 bits per heavy atom. The van der Waals surface area contributed by atoms with Gasteiger partial charge in [-0.1, -0.05) is 41.9 Å². The van der Waals surface area contributed by atoms with Gasteiger partial charge in [0.05, 0.1) is 23.8 Å². The molecule has 1 unspecified atom stereocenters. The van der Waals surface area contributed by atoms with Crippen LogP contribution in [0.15, 0.2) is 54.6 Å². The molecule has 1 N–H and O–H groups in total. The van der Waals surface area contributed by atoms with Crippen molar-refractivity contribution in [3.05, 3.63) is 82.1 Å². The third-order valence-electron chi connectivity index (χ3n) is 4.93. The van der Waals surface area contributed by atoms with Gasteiger partial charge in [-0.2, -0.15) is 5.10 Å². The molecule has 0 aliphatic heterocycles. The molecule has 0 bridgehead atoms. The van der Waals surface area contributed by atoms with Crippen molar-refractivity contribution in [2.75, 3.05) is 20.6 Å². The van der Waals surface area contributed by atoms with E-state index in [-0.39, 0.29) is 11.9 Å². The lowest BCUT2D eigenvalue weighted by atomic mass is 10.1. The molecule has 1 heterocycles. The summed E-state index contributed by atoms with van der Waals surface area (Å²) in [4.78, 5) is 15.0. The third-order valence-corrected chi connectivity index (χ3v) is 5.19. The highest BCUT2D eigenvalue weighted by Crippen LogP contribution is 2.21. The minimum Gasteiger partial charge on any atom is -0.348 e. The van der Waals surface area contributed by atoms with E-state index in [9.17, 15) is 4.79 Å². The van der Waals surface area contributed by atoms with Crippen molar-refractivity contribution in [3.8, 4) is 5.69 Å². The van der Waals surface area contributed by atoms with Crippen molar-refractivity contribution in [2.45, 2.75) is 26.3 Å². The van der Waals surface area contributed by atoms with Crippen molar-refractivity contribution in [3.63, 3.8) is 0 Å². The number of nitrogens with one attached hydrogen (secondary N) is 1. The fourth-order valence-electron chi connectivity index (χ4n) is 3.46. The number of aryl methyl sites for hydroxylation is 1. The molecule has 0 fully saturated rings. The van der Waals surface area contributed by atoms with Crippen molar-refractivity contribution in [1.29, 1.82) is 0 Å². The minimum absolute atomic E-state index is 0.0115. The molecule has 29 heavy (non-hydrogen) atoms. The number of nitrogens with zero attached hydrogens (tertiary/aromatic N) is 3. The number of carbonyl (C=O) groups excluding carboxylic acids is 1. The van der Waals surface area contributed by atoms with Crippen molar-refractivity contribution in [1.82, 2.24) is 20.0 Å². The van der Waals surface area contributed by atoms with Gasteiger partial charge in [-0.15, -0.1) is 0 Å². The highest BCUT2D eigenvalue weighted by molar-refractivity contribution is 6.30. The van der Waals surface area contributed by atoms with E-state index in [1.54, 1.807) is 0 Å². The van der Waals surface area contributed by atoms with Gasteiger partial charge in [0.15, 0.2) is 0 Å². The molecule has 0 aliphatic carbocycles. The van der Waals surface area contributed by atoms with E-state index in [0.29, 0.717) is 11.4 Å². The quantitative estimate of drug-likeness (QED) is 0.637. The van der Waals surface area contributed by atoms with Gasteiger partial charge >= 0.3 is 0 Å². The molecule has 1 amide bonds. The average molecular weight is 411 g/mol. The van der Waals surface area contributed by atoms with E-state index < -0.39 is 0 Å². The Morgan fingerprint density at radius 3 is 2.38 bits per heavy atom. The molecule has 0 saturated carbocycles. The van der Waals surface area contributed by atoms with Gasteiger partial charge in [0.2, 0.25) is 5.91 Å². The molecule has 3 aromatic rings. The molecule has 0 saturated heterocycles. The van der Waals surface area contributed by atoms with Crippen LogP contribution in [0.2, 0.25) is 5.02 Å². The van der Waals surface area contributed by atoms with Crippen LogP contribution < -0.4 is 5.32 Å². The average Bonchev–Trinajstić information content (AvgIpc) is 2.96. The van der Waals surface area contributed by atoms with E-state index in [2.05, 4.69) is 15.3 Å². The zero-order valence-corrected chi connectivity index (χ0v) is 18.1. The molecule has 6 heteroatoms. The Hall–Kier alpha value is -2.63. The predicted octanol–water partition coefficient (Wildman–Crippen LogP) is 4.10. The molecule has 1 atom stereocenters. The molecule has 5 nitrogen and oxygen atoms in total. The summed E-state index contributed by atoms with van der Waals surface area (Å²) in [6.07, 6.45) is 0.294. The third kappa shape index (κ3) is 5.25. The Morgan fingerprint density at radius 2 is 1.76 bits per heavy atom. The molecule has 3 rings (SSSR count). The smallest absolute Gasteiger partial charge is 0.225 e. The molecule has 0 spiro atoms. The van der Waals surface area contributed by atoms with Gasteiger partial charge in [0.25, 0.3) is 0 Å². The Kier molecular flexibility index (Phi) is 6.72. The number of aromatic nitrogens is 2. The lowest BCUT2D eigenvalue weighted by Crippen LogP contribution is -2.36. The maximum atomic E-state index is 12.9. The topological polar surface area (TPSA) is 50.2 Å². The summed E-state index contributed by atoms with van der Waals surface area (Å²) >= 11 is 5.99. The van der Waals surface area contributed by atoms with Crippen LogP contribution >= 0.6 is 11.6 Å². The highest BCUT2D eigenvalue weighted by atomic mass is 35.5. The van der Waals surface area contributed by atoms with E-state index in [0.717, 1.165) is 34.7 Å². The summed E-state index contributed by atoms with van der Waals surface area (Å²) in [5, 5.41) is 8.51. The Labute approximate surface area is 177 Å². The second-order valence-electron chi connectivity index (χ2n) is 7.51. The first-order valence-corrected chi connectivity index (χ1v) is 10.0. The largest absolute Gasteiger partial charge is 0.348 e. The first-order valence-electron chi connectivity index (χ1n) is 9.65. The lowest BCUT2D eigenvalue weighted by molar-refractivity contribution is -0.121. The summed E-state index contributed by atoms with van der Waals surface area (Å²) in [7, 11) is 4.01. The predicted molar refractivity (Wildman–Crippen MR) is 118 cm³/mol. The maximum Gasteiger partial charge on any atom is 0.225 e. The first-order chi connectivity index (χ1) is 13.8. The Bertz CT molecular complexity index is 965. The molecule has 0 radical (unpaired) electrons. The molecular formula is C23H27ClN4O. The summed E-state index contributed by atoms with van der Waals surface area (Å²) in [6.45, 7) is 4.67. The Balaban J connectivity index is 1.78. The summed E-state index contributed by atoms with van der Waals surface area (Å²) in [6, 6.07) is 17.5. The molecule has 1 aromatic heterocycles. The first kappa shape index (κ1) is 21.1. The fourth-order valence-corrected chi connectivity index (χ4v) is 3.58. The van der Waals surface area contributed by atoms with Crippen LogP contribution in [0.5, 0.6) is 0 Å². The van der Waals surface area contributed by atoms with Gasteiger partial charge in [0, 0.05) is 22.8 Å². The second-order valence-corrected chi connectivity index (χ2v) is 7.94. The number of benzene rings is 2. The maximum absolute atomic E-state index is 12.9. The van der Waals surface area contributed by atoms with E-state index in [4.69, 9.17) is 11.6 Å². The van der Waals surface area contributed by atoms with Gasteiger partial charge in [-0.25, -0.2) is 4.68 Å². The normalized spacial score (nSPS) is 12.2. The van der Waals surface area contributed by atoms with Crippen LogP contribution in [-0.4, -0.2) is 41.2 Å². The number of likely N-dealkylation sites (N-methyl/N-ethyl adjacent to an activating group) is 1. The van der Waals surface area contributed by atoms with Gasteiger partial charge in [-0.05, 0) is 57.8 Å². The van der Waals surface area contributed by atoms with Crippen molar-refractivity contribution < 1.29 is 4.79 Å². The summed E-state index contributed by atoms with van der Waals surface area (Å²) in [5.41, 5.74) is 4.80. The lowest BCUT2D eigenvalue weighted by Gasteiger charge is -2.23. The zero-order chi connectivity index (χ0) is 21.0. The summed E-state index contributed by atoms with van der Waals surface area (Å²) in [5.74, 6) is -0.0115. The minimum atomic E-state index is -0.0642. The van der Waals surface area contributed by atoms with Crippen LogP contribution in [0.1, 0.15) is 28.6 Å². The van der Waals surface area contributed by atoms with Crippen LogP contribution in [0.3, 0.4) is 0 Å². The van der Waals surface area contributed by atoms with E-state index >= 15 is 0 Å². The van der Waals surface area contributed by atoms with Crippen LogP contribution in [0.25, 0.3) is 5.69 Å². The fraction of sp³-hybridized carbons (Fsp3) is 0.304. The van der Waals surface area contributed by atoms with E-state index in [1.807, 2.05) is 87.2 Å². The van der Waals surface area contributed by atoms with Crippen molar-refractivity contribution in [2.24, 2.45) is 0 Å². The number of hydrogen-bond acceptors (Lipinski definition) is 3. The molecule has 2 aromatic carbocycles. The van der Waals surface area contributed by atoms with Crippen LogP contribution in [-0.2, 0) is 11.2 Å². The number of hydrogen-bond donors (Lipinski definition) is 1.